The number of aryl methyl sites for hydroxylation is 2. The van der Waals surface area contributed by atoms with Gasteiger partial charge in [-0.05, 0) is 61.7 Å². The Balaban J connectivity index is 1.83. The van der Waals surface area contributed by atoms with Crippen LogP contribution in [0.15, 0.2) is 70.5 Å². The van der Waals surface area contributed by atoms with Crippen LogP contribution in [0.1, 0.15) is 57.2 Å². The summed E-state index contributed by atoms with van der Waals surface area (Å²) in [6.07, 6.45) is 1.88. The number of amides is 2. The molecule has 0 spiro atoms. The number of rotatable bonds is 6. The van der Waals surface area contributed by atoms with E-state index in [4.69, 9.17) is 0 Å². The van der Waals surface area contributed by atoms with Gasteiger partial charge in [0.1, 0.15) is 0 Å². The second-order valence-electron chi connectivity index (χ2n) is 8.38. The molecule has 170 valence electrons. The lowest BCUT2D eigenvalue weighted by molar-refractivity contribution is 0.0949. The van der Waals surface area contributed by atoms with E-state index >= 15 is 0 Å². The molecular weight excluding hydrogens is 432 g/mol. The summed E-state index contributed by atoms with van der Waals surface area (Å²) in [5.74, 6) is -0.417. The van der Waals surface area contributed by atoms with Gasteiger partial charge in [-0.3, -0.25) is 9.59 Å². The number of carbonyl (C=O) groups excluding carboxylic acids is 2. The Hall–Kier alpha value is -3.25. The lowest BCUT2D eigenvalue weighted by atomic mass is 10.0. The number of benzene rings is 3. The molecule has 0 aliphatic carbocycles. The van der Waals surface area contributed by atoms with Gasteiger partial charge in [0.2, 0.25) is 0 Å². The minimum Gasteiger partial charge on any atom is -0.352 e. The van der Waals surface area contributed by atoms with E-state index in [0.717, 1.165) is 29.5 Å². The van der Waals surface area contributed by atoms with Crippen LogP contribution < -0.4 is 10.2 Å². The molecule has 1 N–H and O–H groups in total. The van der Waals surface area contributed by atoms with Crippen molar-refractivity contribution in [3.05, 3.63) is 88.5 Å². The van der Waals surface area contributed by atoms with Crippen LogP contribution >= 0.6 is 0 Å². The standard InChI is InChI=1S/C27H28N2O3S/c1-4-5-14-28-26(30)20-12-13-25-23(16-20)29(17-21-15-18(2)10-11-19(21)3)27(31)22-8-6-7-9-24(22)33(25)32/h6-13,15-16H,4-5,14,17H2,1-3H3,(H,28,30). The second kappa shape index (κ2) is 9.71. The highest BCUT2D eigenvalue weighted by atomic mass is 32.2. The van der Waals surface area contributed by atoms with Gasteiger partial charge < -0.3 is 10.2 Å². The molecule has 1 atom stereocenters. The molecule has 4 rings (SSSR count). The van der Waals surface area contributed by atoms with Crippen LogP contribution in [0.25, 0.3) is 0 Å². The number of unbranched alkanes of at least 4 members (excludes halogenated alkanes) is 1. The van der Waals surface area contributed by atoms with Crippen molar-refractivity contribution in [2.24, 2.45) is 0 Å². The number of hydrogen-bond acceptors (Lipinski definition) is 3. The number of anilines is 1. The van der Waals surface area contributed by atoms with E-state index in [0.29, 0.717) is 39.7 Å². The molecule has 0 bridgehead atoms. The summed E-state index contributed by atoms with van der Waals surface area (Å²) in [6, 6.07) is 18.3. The molecule has 1 unspecified atom stereocenters. The van der Waals surface area contributed by atoms with Gasteiger partial charge in [-0.15, -0.1) is 0 Å². The average Bonchev–Trinajstić information content (AvgIpc) is 2.91. The maximum Gasteiger partial charge on any atom is 0.259 e. The lowest BCUT2D eigenvalue weighted by Crippen LogP contribution is -2.31. The van der Waals surface area contributed by atoms with Crippen molar-refractivity contribution in [2.75, 3.05) is 11.4 Å². The van der Waals surface area contributed by atoms with Gasteiger partial charge in [0.25, 0.3) is 11.8 Å². The van der Waals surface area contributed by atoms with Crippen LogP contribution in [-0.4, -0.2) is 22.6 Å². The molecule has 1 aliphatic heterocycles. The van der Waals surface area contributed by atoms with Crippen LogP contribution in [0, 0.1) is 13.8 Å². The number of nitrogens with zero attached hydrogens (tertiary/aromatic N) is 1. The predicted molar refractivity (Wildman–Crippen MR) is 131 cm³/mol. The quantitative estimate of drug-likeness (QED) is 0.517. The van der Waals surface area contributed by atoms with Crippen LogP contribution in [-0.2, 0) is 17.3 Å². The zero-order valence-corrected chi connectivity index (χ0v) is 20.0. The molecule has 5 nitrogen and oxygen atoms in total. The molecule has 0 saturated carbocycles. The van der Waals surface area contributed by atoms with Gasteiger partial charge in [-0.1, -0.05) is 49.2 Å². The molecule has 0 radical (unpaired) electrons. The molecule has 0 fully saturated rings. The first-order valence-electron chi connectivity index (χ1n) is 11.2. The molecule has 0 saturated heterocycles. The van der Waals surface area contributed by atoms with Crippen LogP contribution in [0.2, 0.25) is 0 Å². The molecule has 1 aliphatic rings. The van der Waals surface area contributed by atoms with Crippen LogP contribution in [0.5, 0.6) is 0 Å². The molecule has 0 aromatic heterocycles. The van der Waals surface area contributed by atoms with Gasteiger partial charge in [-0.25, -0.2) is 4.21 Å². The smallest absolute Gasteiger partial charge is 0.259 e. The lowest BCUT2D eigenvalue weighted by Gasteiger charge is -2.24. The van der Waals surface area contributed by atoms with Crippen LogP contribution in [0.4, 0.5) is 5.69 Å². The third-order valence-corrected chi connectivity index (χ3v) is 7.42. The van der Waals surface area contributed by atoms with Crippen molar-refractivity contribution in [3.63, 3.8) is 0 Å². The minimum atomic E-state index is -1.54. The molecule has 3 aromatic rings. The van der Waals surface area contributed by atoms with Gasteiger partial charge in [0, 0.05) is 12.1 Å². The van der Waals surface area contributed by atoms with Gasteiger partial charge in [-0.2, -0.15) is 0 Å². The van der Waals surface area contributed by atoms with Crippen molar-refractivity contribution in [1.82, 2.24) is 5.32 Å². The van der Waals surface area contributed by atoms with Crippen molar-refractivity contribution in [3.8, 4) is 0 Å². The first kappa shape index (κ1) is 22.9. The second-order valence-corrected chi connectivity index (χ2v) is 9.80. The predicted octanol–water partition coefficient (Wildman–Crippen LogP) is 5.16. The summed E-state index contributed by atoms with van der Waals surface area (Å²) in [5, 5.41) is 2.92. The number of carbonyl (C=O) groups is 2. The van der Waals surface area contributed by atoms with Gasteiger partial charge in [0.05, 0.1) is 38.4 Å². The fourth-order valence-electron chi connectivity index (χ4n) is 3.98. The fourth-order valence-corrected chi connectivity index (χ4v) is 5.33. The third-order valence-electron chi connectivity index (χ3n) is 5.92. The summed E-state index contributed by atoms with van der Waals surface area (Å²) >= 11 is 0. The van der Waals surface area contributed by atoms with E-state index < -0.39 is 10.8 Å². The highest BCUT2D eigenvalue weighted by Crippen LogP contribution is 2.36. The van der Waals surface area contributed by atoms with Crippen LogP contribution in [0.3, 0.4) is 0 Å². The fraction of sp³-hybridized carbons (Fsp3) is 0.259. The Morgan fingerprint density at radius 2 is 1.79 bits per heavy atom. The normalized spacial score (nSPS) is 14.9. The van der Waals surface area contributed by atoms with E-state index in [1.165, 1.54) is 0 Å². The molecule has 33 heavy (non-hydrogen) atoms. The van der Waals surface area contributed by atoms with E-state index in [1.54, 1.807) is 47.4 Å². The Labute approximate surface area is 197 Å². The van der Waals surface area contributed by atoms with E-state index in [9.17, 15) is 13.8 Å². The third kappa shape index (κ3) is 4.62. The monoisotopic (exact) mass is 460 g/mol. The van der Waals surface area contributed by atoms with E-state index in [-0.39, 0.29) is 11.8 Å². The summed E-state index contributed by atoms with van der Waals surface area (Å²) in [4.78, 5) is 29.2. The number of fused-ring (bicyclic) bond motifs is 2. The van der Waals surface area contributed by atoms with Crippen molar-refractivity contribution in [2.45, 2.75) is 49.9 Å². The SMILES string of the molecule is CCCCNC(=O)c1ccc2c(c1)N(Cc1cc(C)ccc1C)C(=O)c1ccccc1S2=O. The Bertz CT molecular complexity index is 1250. The molecule has 2 amide bonds. The molecule has 6 heteroatoms. The minimum absolute atomic E-state index is 0.196. The Kier molecular flexibility index (Phi) is 6.75. The highest BCUT2D eigenvalue weighted by Gasteiger charge is 2.31. The Morgan fingerprint density at radius 1 is 1.00 bits per heavy atom. The maximum absolute atomic E-state index is 13.7. The zero-order valence-electron chi connectivity index (χ0n) is 19.2. The van der Waals surface area contributed by atoms with E-state index in [2.05, 4.69) is 18.3 Å². The molecular formula is C27H28N2O3S. The summed E-state index contributed by atoms with van der Waals surface area (Å²) in [6.45, 7) is 7.02. The van der Waals surface area contributed by atoms with Crippen molar-refractivity contribution < 1.29 is 13.8 Å². The zero-order chi connectivity index (χ0) is 23.5. The summed E-state index contributed by atoms with van der Waals surface area (Å²) in [7, 11) is -1.54. The van der Waals surface area contributed by atoms with Gasteiger partial charge in [0.15, 0.2) is 0 Å². The maximum atomic E-state index is 13.7. The Morgan fingerprint density at radius 3 is 2.58 bits per heavy atom. The first-order valence-corrected chi connectivity index (χ1v) is 12.4. The summed E-state index contributed by atoms with van der Waals surface area (Å²) < 4.78 is 13.5. The summed E-state index contributed by atoms with van der Waals surface area (Å²) in [5.41, 5.74) is 4.57. The topological polar surface area (TPSA) is 66.5 Å². The molecule has 3 aromatic carbocycles. The first-order chi connectivity index (χ1) is 15.9. The molecule has 1 heterocycles. The van der Waals surface area contributed by atoms with Gasteiger partial charge >= 0.3 is 0 Å². The average molecular weight is 461 g/mol. The van der Waals surface area contributed by atoms with Crippen molar-refractivity contribution >= 4 is 28.3 Å². The highest BCUT2D eigenvalue weighted by molar-refractivity contribution is 7.85. The largest absolute Gasteiger partial charge is 0.352 e. The number of nitrogens with one attached hydrogen (secondary N) is 1. The number of hydrogen-bond donors (Lipinski definition) is 1. The van der Waals surface area contributed by atoms with Crippen molar-refractivity contribution in [1.29, 1.82) is 0 Å². The van der Waals surface area contributed by atoms with E-state index in [1.807, 2.05) is 26.0 Å².